The topological polar surface area (TPSA) is 102 Å². The van der Waals surface area contributed by atoms with Crippen LogP contribution >= 0.6 is 0 Å². The fourth-order valence-electron chi connectivity index (χ4n) is 3.16. The Morgan fingerprint density at radius 2 is 1.50 bits per heavy atom. The summed E-state index contributed by atoms with van der Waals surface area (Å²) in [5.74, 6) is -2.50. The van der Waals surface area contributed by atoms with Gasteiger partial charge in [-0.05, 0) is 31.9 Å². The molecule has 0 radical (unpaired) electrons. The number of hydrogen-bond acceptors (Lipinski definition) is 5. The molecule has 178 valence electrons. The largest absolute Gasteiger partial charge is 0.464 e. The Kier molecular flexibility index (Phi) is 13.7. The molecule has 0 heterocycles. The Bertz CT molecular complexity index is 748. The Balaban J connectivity index is 2.58. The van der Waals surface area contributed by atoms with Gasteiger partial charge in [0.2, 0.25) is 5.91 Å². The minimum absolute atomic E-state index is 0.0875. The summed E-state index contributed by atoms with van der Waals surface area (Å²) in [4.78, 5) is 49.3. The molecule has 0 bridgehead atoms. The molecule has 1 rings (SSSR count). The molecule has 2 amide bonds. The second-order valence-electron chi connectivity index (χ2n) is 8.01. The van der Waals surface area contributed by atoms with Crippen molar-refractivity contribution in [1.29, 1.82) is 0 Å². The third-order valence-corrected chi connectivity index (χ3v) is 5.10. The van der Waals surface area contributed by atoms with Gasteiger partial charge < -0.3 is 15.4 Å². The van der Waals surface area contributed by atoms with Gasteiger partial charge in [-0.15, -0.1) is 0 Å². The molecule has 0 spiro atoms. The molecule has 1 aromatic rings. The van der Waals surface area contributed by atoms with Crippen LogP contribution in [0, 0.1) is 0 Å². The van der Waals surface area contributed by atoms with Crippen molar-refractivity contribution in [2.75, 3.05) is 11.9 Å². The Morgan fingerprint density at radius 1 is 0.875 bits per heavy atom. The van der Waals surface area contributed by atoms with Gasteiger partial charge in [0.25, 0.3) is 11.7 Å². The zero-order chi connectivity index (χ0) is 23.8. The Hall–Kier alpha value is -2.70. The van der Waals surface area contributed by atoms with Crippen molar-refractivity contribution < 1.29 is 23.9 Å². The summed E-state index contributed by atoms with van der Waals surface area (Å²) < 4.78 is 5.15. The van der Waals surface area contributed by atoms with Crippen molar-refractivity contribution >= 4 is 29.3 Å². The molecule has 7 nitrogen and oxygen atoms in total. The molecule has 0 unspecified atom stereocenters. The van der Waals surface area contributed by atoms with Crippen LogP contribution in [0.25, 0.3) is 0 Å². The number of hydrogen-bond donors (Lipinski definition) is 2. The number of ether oxygens (including phenoxy) is 1. The Morgan fingerprint density at radius 3 is 2.19 bits per heavy atom. The van der Waals surface area contributed by atoms with E-state index in [9.17, 15) is 19.2 Å². The molecule has 1 aromatic carbocycles. The third-order valence-electron chi connectivity index (χ3n) is 5.10. The van der Waals surface area contributed by atoms with Crippen molar-refractivity contribution in [3.05, 3.63) is 29.8 Å². The number of ketones is 1. The highest BCUT2D eigenvalue weighted by molar-refractivity contribution is 6.44. The van der Waals surface area contributed by atoms with E-state index in [4.69, 9.17) is 4.74 Å². The molecule has 0 aliphatic heterocycles. The predicted molar refractivity (Wildman–Crippen MR) is 125 cm³/mol. The summed E-state index contributed by atoms with van der Waals surface area (Å²) in [6.45, 7) is 6.00. The van der Waals surface area contributed by atoms with E-state index >= 15 is 0 Å². The van der Waals surface area contributed by atoms with Crippen LogP contribution in [-0.2, 0) is 19.1 Å². The first-order chi connectivity index (χ1) is 15.4. The predicted octanol–water partition coefficient (Wildman–Crippen LogP) is 4.80. The lowest BCUT2D eigenvalue weighted by Gasteiger charge is -2.14. The van der Waals surface area contributed by atoms with Crippen molar-refractivity contribution in [2.45, 2.75) is 91.0 Å². The van der Waals surface area contributed by atoms with Gasteiger partial charge in [0.15, 0.2) is 0 Å². The molecule has 0 aromatic heterocycles. The second-order valence-corrected chi connectivity index (χ2v) is 8.01. The number of carbonyl (C=O) groups is 4. The zero-order valence-electron chi connectivity index (χ0n) is 19.7. The van der Waals surface area contributed by atoms with Gasteiger partial charge in [0, 0.05) is 6.42 Å². The maximum absolute atomic E-state index is 12.7. The highest BCUT2D eigenvalue weighted by Crippen LogP contribution is 2.17. The van der Waals surface area contributed by atoms with Crippen molar-refractivity contribution in [3.63, 3.8) is 0 Å². The minimum Gasteiger partial charge on any atom is -0.464 e. The summed E-state index contributed by atoms with van der Waals surface area (Å²) in [7, 11) is 0. The maximum Gasteiger partial charge on any atom is 0.328 e. The third kappa shape index (κ3) is 10.6. The van der Waals surface area contributed by atoms with E-state index in [0.717, 1.165) is 57.8 Å². The van der Waals surface area contributed by atoms with Gasteiger partial charge in [0.1, 0.15) is 6.04 Å². The van der Waals surface area contributed by atoms with Gasteiger partial charge in [-0.3, -0.25) is 14.4 Å². The molecule has 32 heavy (non-hydrogen) atoms. The van der Waals surface area contributed by atoms with Crippen LogP contribution in [0.3, 0.4) is 0 Å². The minimum atomic E-state index is -0.942. The molecule has 2 N–H and O–H groups in total. The van der Waals surface area contributed by atoms with Crippen LogP contribution in [-0.4, -0.2) is 36.2 Å². The lowest BCUT2D eigenvalue weighted by Crippen LogP contribution is -2.43. The molecule has 0 saturated heterocycles. The van der Waals surface area contributed by atoms with E-state index < -0.39 is 23.7 Å². The van der Waals surface area contributed by atoms with E-state index in [1.54, 1.807) is 18.2 Å². The molecule has 0 fully saturated rings. The summed E-state index contributed by atoms with van der Waals surface area (Å²) >= 11 is 0. The standard InChI is InChI=1S/C25H38N2O5/c1-4-6-8-10-11-17-22(28)27-21-16-13-12-15-20(21)23(29)24(30)26-19(3)25(31)32-18-14-9-7-5-2/h12-13,15-16,19H,4-11,14,17-18H2,1-3H3,(H,26,30)(H,27,28)/t19-/m0/s1. The van der Waals surface area contributed by atoms with Gasteiger partial charge >= 0.3 is 5.97 Å². The van der Waals surface area contributed by atoms with Gasteiger partial charge in [0.05, 0.1) is 17.9 Å². The highest BCUT2D eigenvalue weighted by Gasteiger charge is 2.24. The monoisotopic (exact) mass is 446 g/mol. The SMILES string of the molecule is CCCCCCCC(=O)Nc1ccccc1C(=O)C(=O)N[C@@H](C)C(=O)OCCCCCC. The van der Waals surface area contributed by atoms with E-state index in [0.29, 0.717) is 13.0 Å². The number of anilines is 1. The molecule has 7 heteroatoms. The van der Waals surface area contributed by atoms with Gasteiger partial charge in [-0.1, -0.05) is 70.9 Å². The number of Topliss-reactive ketones (excluding diaryl/α,β-unsaturated/α-hetero) is 1. The fourth-order valence-corrected chi connectivity index (χ4v) is 3.16. The van der Waals surface area contributed by atoms with Crippen LogP contribution < -0.4 is 10.6 Å². The number of benzene rings is 1. The van der Waals surface area contributed by atoms with E-state index in [2.05, 4.69) is 24.5 Å². The Labute approximate surface area is 191 Å². The summed E-state index contributed by atoms with van der Waals surface area (Å²) in [5, 5.41) is 5.12. The number of amides is 2. The fraction of sp³-hybridized carbons (Fsp3) is 0.600. The lowest BCUT2D eigenvalue weighted by molar-refractivity contribution is -0.147. The number of rotatable bonds is 16. The molecule has 0 aliphatic rings. The first-order valence-corrected chi connectivity index (χ1v) is 11.8. The smallest absolute Gasteiger partial charge is 0.328 e. The number of unbranched alkanes of at least 4 members (excludes halogenated alkanes) is 7. The molecule has 0 aliphatic carbocycles. The van der Waals surface area contributed by atoms with Crippen molar-refractivity contribution in [3.8, 4) is 0 Å². The first kappa shape index (κ1) is 27.3. The van der Waals surface area contributed by atoms with Crippen LogP contribution in [0.2, 0.25) is 0 Å². The highest BCUT2D eigenvalue weighted by atomic mass is 16.5. The quantitative estimate of drug-likeness (QED) is 0.164. The van der Waals surface area contributed by atoms with Crippen LogP contribution in [0.1, 0.15) is 95.3 Å². The maximum atomic E-state index is 12.7. The number of para-hydroxylation sites is 1. The first-order valence-electron chi connectivity index (χ1n) is 11.8. The lowest BCUT2D eigenvalue weighted by atomic mass is 10.1. The van der Waals surface area contributed by atoms with E-state index in [1.807, 2.05) is 0 Å². The van der Waals surface area contributed by atoms with E-state index in [-0.39, 0.29) is 17.2 Å². The van der Waals surface area contributed by atoms with Gasteiger partial charge in [-0.25, -0.2) is 4.79 Å². The van der Waals surface area contributed by atoms with Gasteiger partial charge in [-0.2, -0.15) is 0 Å². The summed E-state index contributed by atoms with van der Waals surface area (Å²) in [5.41, 5.74) is 0.377. The number of carbonyl (C=O) groups excluding carboxylic acids is 4. The average molecular weight is 447 g/mol. The summed E-state index contributed by atoms with van der Waals surface area (Å²) in [6.07, 6.45) is 9.42. The molecule has 0 saturated carbocycles. The van der Waals surface area contributed by atoms with Crippen molar-refractivity contribution in [2.24, 2.45) is 0 Å². The van der Waals surface area contributed by atoms with Crippen LogP contribution in [0.4, 0.5) is 5.69 Å². The van der Waals surface area contributed by atoms with Crippen LogP contribution in [0.5, 0.6) is 0 Å². The number of esters is 1. The molecular formula is C25H38N2O5. The van der Waals surface area contributed by atoms with Crippen LogP contribution in [0.15, 0.2) is 24.3 Å². The number of nitrogens with one attached hydrogen (secondary N) is 2. The average Bonchev–Trinajstić information content (AvgIpc) is 2.78. The van der Waals surface area contributed by atoms with Crippen molar-refractivity contribution in [1.82, 2.24) is 5.32 Å². The second kappa shape index (κ2) is 16.0. The summed E-state index contributed by atoms with van der Waals surface area (Å²) in [6, 6.07) is 5.43. The normalized spacial score (nSPS) is 11.5. The molecular weight excluding hydrogens is 408 g/mol. The van der Waals surface area contributed by atoms with E-state index in [1.165, 1.54) is 13.0 Å². The zero-order valence-corrected chi connectivity index (χ0v) is 19.7. The molecule has 1 atom stereocenters.